The van der Waals surface area contributed by atoms with E-state index in [-0.39, 0.29) is 0 Å². The van der Waals surface area contributed by atoms with Gasteiger partial charge in [-0.15, -0.1) is 0 Å². The van der Waals surface area contributed by atoms with Gasteiger partial charge >= 0.3 is 0 Å². The van der Waals surface area contributed by atoms with E-state index in [9.17, 15) is 0 Å². The molecule has 14 rings (SSSR count). The molecule has 2 unspecified atom stereocenters. The van der Waals surface area contributed by atoms with Crippen molar-refractivity contribution in [2.24, 2.45) is 0 Å². The van der Waals surface area contributed by atoms with Crippen LogP contribution in [0.25, 0.3) is 32.7 Å². The molecule has 72 heavy (non-hydrogen) atoms. The smallest absolute Gasteiger partial charge is 0.0720 e. The van der Waals surface area contributed by atoms with Crippen LogP contribution < -0.4 is 9.80 Å². The predicted octanol–water partition coefficient (Wildman–Crippen LogP) is 17.9. The molecular formula is C70H50N2. The highest BCUT2D eigenvalue weighted by atomic mass is 15.2. The fraction of sp³-hybridized carbons (Fsp3) is 0.0571. The minimum atomic E-state index is -0.718. The second kappa shape index (κ2) is 16.9. The van der Waals surface area contributed by atoms with E-state index in [2.05, 4.69) is 289 Å². The number of hydrogen-bond acceptors (Lipinski definition) is 2. The van der Waals surface area contributed by atoms with E-state index in [1.807, 2.05) is 0 Å². The predicted molar refractivity (Wildman–Crippen MR) is 300 cm³/mol. The molecule has 0 aliphatic heterocycles. The van der Waals surface area contributed by atoms with Gasteiger partial charge in [0, 0.05) is 33.5 Å². The minimum Gasteiger partial charge on any atom is -0.310 e. The molecule has 2 nitrogen and oxygen atoms in total. The van der Waals surface area contributed by atoms with E-state index in [1.54, 1.807) is 0 Å². The highest BCUT2D eigenvalue weighted by Gasteiger charge is 2.57. The van der Waals surface area contributed by atoms with E-state index in [1.165, 1.54) is 88.6 Å². The summed E-state index contributed by atoms with van der Waals surface area (Å²) in [6.45, 7) is 0. The van der Waals surface area contributed by atoms with Crippen molar-refractivity contribution in [2.45, 2.75) is 23.7 Å². The molecule has 0 aromatic heterocycles. The largest absolute Gasteiger partial charge is 0.310 e. The van der Waals surface area contributed by atoms with Gasteiger partial charge in [0.2, 0.25) is 0 Å². The molecule has 2 heteroatoms. The van der Waals surface area contributed by atoms with Crippen molar-refractivity contribution in [3.8, 4) is 11.1 Å². The fourth-order valence-corrected chi connectivity index (χ4v) is 12.9. The summed E-state index contributed by atoms with van der Waals surface area (Å²) in [6, 6.07) is 97.5. The molecule has 0 spiro atoms. The molecule has 3 aliphatic carbocycles. The zero-order chi connectivity index (χ0) is 47.6. The molecule has 0 saturated carbocycles. The third kappa shape index (κ3) is 6.15. The topological polar surface area (TPSA) is 6.48 Å². The van der Waals surface area contributed by atoms with Crippen LogP contribution in [0.4, 0.5) is 28.4 Å². The zero-order valence-corrected chi connectivity index (χ0v) is 39.9. The summed E-state index contributed by atoms with van der Waals surface area (Å²) >= 11 is 0. The van der Waals surface area contributed by atoms with Crippen LogP contribution in [0.3, 0.4) is 0 Å². The lowest BCUT2D eigenvalue weighted by Crippen LogP contribution is -2.44. The molecule has 11 aromatic rings. The average Bonchev–Trinajstić information content (AvgIpc) is 3.77. The third-order valence-corrected chi connectivity index (χ3v) is 15.8. The van der Waals surface area contributed by atoms with Crippen LogP contribution in [0.1, 0.15) is 57.3 Å². The van der Waals surface area contributed by atoms with Gasteiger partial charge in [-0.2, -0.15) is 0 Å². The lowest BCUT2D eigenvalue weighted by molar-refractivity contribution is 0.626. The number of nitrogens with zero attached hydrogens (tertiary/aromatic N) is 2. The molecule has 0 heterocycles. The van der Waals surface area contributed by atoms with Gasteiger partial charge in [0.25, 0.3) is 0 Å². The Hall–Kier alpha value is -8.98. The molecule has 3 aliphatic rings. The first-order valence-corrected chi connectivity index (χ1v) is 25.3. The molecule has 0 amide bonds. The SMILES string of the molecule is C1=CC(N(c2ccc(C3(c4ccc(N(c5ccccc5)c5cccc6ccccc56)cc4)c4ccccc4C4(c5ccccc5)c5ccccc5-c5cccc3c54)cc2)c2cccc3ccccc23)=CCC1. The maximum atomic E-state index is 2.46. The second-order valence-corrected chi connectivity index (χ2v) is 19.4. The minimum absolute atomic E-state index is 0.535. The third-order valence-electron chi connectivity index (χ3n) is 15.8. The maximum Gasteiger partial charge on any atom is 0.0720 e. The van der Waals surface area contributed by atoms with E-state index in [0.29, 0.717) is 0 Å². The van der Waals surface area contributed by atoms with Crippen LogP contribution in [0.15, 0.2) is 285 Å². The highest BCUT2D eigenvalue weighted by Crippen LogP contribution is 2.66. The Morgan fingerprint density at radius 2 is 0.764 bits per heavy atom. The molecule has 2 atom stereocenters. The van der Waals surface area contributed by atoms with Gasteiger partial charge in [-0.3, -0.25) is 0 Å². The number of fused-ring (bicyclic) bond motifs is 7. The molecule has 0 radical (unpaired) electrons. The van der Waals surface area contributed by atoms with Crippen LogP contribution >= 0.6 is 0 Å². The summed E-state index contributed by atoms with van der Waals surface area (Å²) in [5.41, 5.74) is 18.5. The van der Waals surface area contributed by atoms with E-state index < -0.39 is 10.8 Å². The Kier molecular flexibility index (Phi) is 9.82. The van der Waals surface area contributed by atoms with Gasteiger partial charge in [-0.25, -0.2) is 0 Å². The van der Waals surface area contributed by atoms with Gasteiger partial charge in [0.15, 0.2) is 0 Å². The van der Waals surface area contributed by atoms with Crippen LogP contribution in [-0.2, 0) is 10.8 Å². The van der Waals surface area contributed by atoms with Gasteiger partial charge in [-0.05, 0) is 134 Å². The van der Waals surface area contributed by atoms with Crippen LogP contribution in [-0.4, -0.2) is 0 Å². The number of para-hydroxylation sites is 1. The normalized spacial score (nSPS) is 17.2. The maximum absolute atomic E-state index is 2.46. The number of hydrogen-bond donors (Lipinski definition) is 0. The lowest BCUT2D eigenvalue weighted by Gasteiger charge is -2.49. The zero-order valence-electron chi connectivity index (χ0n) is 39.9. The van der Waals surface area contributed by atoms with Crippen molar-refractivity contribution in [1.29, 1.82) is 0 Å². The highest BCUT2D eigenvalue weighted by molar-refractivity contribution is 6.00. The van der Waals surface area contributed by atoms with Crippen molar-refractivity contribution in [1.82, 2.24) is 0 Å². The van der Waals surface area contributed by atoms with Crippen molar-refractivity contribution in [3.63, 3.8) is 0 Å². The van der Waals surface area contributed by atoms with Crippen molar-refractivity contribution in [2.75, 3.05) is 9.80 Å². The molecule has 340 valence electrons. The molecule has 0 fully saturated rings. The molecule has 11 aromatic carbocycles. The first kappa shape index (κ1) is 41.9. The number of anilines is 5. The Bertz CT molecular complexity index is 3920. The Morgan fingerprint density at radius 3 is 1.40 bits per heavy atom. The quantitative estimate of drug-likeness (QED) is 0.142. The number of rotatable bonds is 9. The summed E-state index contributed by atoms with van der Waals surface area (Å²) < 4.78 is 0. The van der Waals surface area contributed by atoms with E-state index in [4.69, 9.17) is 0 Å². The van der Waals surface area contributed by atoms with E-state index >= 15 is 0 Å². The number of benzene rings is 11. The summed E-state index contributed by atoms with van der Waals surface area (Å²) in [7, 11) is 0. The monoisotopic (exact) mass is 918 g/mol. The van der Waals surface area contributed by atoms with Crippen LogP contribution in [0.5, 0.6) is 0 Å². The Balaban J connectivity index is 1.04. The van der Waals surface area contributed by atoms with Crippen molar-refractivity contribution >= 4 is 50.0 Å². The first-order chi connectivity index (χ1) is 35.7. The standard InChI is InChI=1S/C70H50N2/c1-4-25-51(26-5-1)70-62-35-15-14-33-60(62)61-34-20-38-65(68(61)70)69(63-36-16-17-37-64(63)70,52-41-45-56(46-42-52)71(54-27-6-2-7-28-54)66-39-18-23-49-21-10-12-31-58(49)66)53-43-47-57(48-44-53)72(55-29-8-3-9-30-55)67-40-19-24-50-22-11-13-32-59(50)67/h1-2,4-8,10-48H,3,9H2. The van der Waals surface area contributed by atoms with Gasteiger partial charge < -0.3 is 9.80 Å². The molecule has 0 bridgehead atoms. The van der Waals surface area contributed by atoms with Crippen LogP contribution in [0.2, 0.25) is 0 Å². The first-order valence-electron chi connectivity index (χ1n) is 25.3. The summed E-state index contributed by atoms with van der Waals surface area (Å²) in [5.74, 6) is 0. The molecular weight excluding hydrogens is 869 g/mol. The fourth-order valence-electron chi connectivity index (χ4n) is 12.9. The second-order valence-electron chi connectivity index (χ2n) is 19.4. The van der Waals surface area contributed by atoms with Gasteiger partial charge in [-0.1, -0.05) is 224 Å². The molecule has 0 saturated heterocycles. The Labute approximate surface area is 421 Å². The van der Waals surface area contributed by atoms with Crippen LogP contribution in [0, 0.1) is 0 Å². The van der Waals surface area contributed by atoms with Gasteiger partial charge in [0.1, 0.15) is 0 Å². The van der Waals surface area contributed by atoms with Gasteiger partial charge in [0.05, 0.1) is 22.2 Å². The van der Waals surface area contributed by atoms with Crippen molar-refractivity contribution in [3.05, 3.63) is 329 Å². The number of allylic oxidation sites excluding steroid dienone is 3. The Morgan fingerprint density at radius 1 is 0.306 bits per heavy atom. The summed E-state index contributed by atoms with van der Waals surface area (Å²) in [6.07, 6.45) is 9.05. The van der Waals surface area contributed by atoms with E-state index in [0.717, 1.165) is 35.6 Å². The average molecular weight is 919 g/mol. The summed E-state index contributed by atoms with van der Waals surface area (Å²) in [5, 5.41) is 4.88. The summed E-state index contributed by atoms with van der Waals surface area (Å²) in [4.78, 5) is 4.87. The molecule has 0 N–H and O–H groups in total. The van der Waals surface area contributed by atoms with Crippen molar-refractivity contribution < 1.29 is 0 Å². The lowest BCUT2D eigenvalue weighted by atomic mass is 9.52.